The van der Waals surface area contributed by atoms with Crippen LogP contribution in [0.4, 0.5) is 5.69 Å². The summed E-state index contributed by atoms with van der Waals surface area (Å²) in [5, 5.41) is 3.55. The van der Waals surface area contributed by atoms with Crippen LogP contribution in [0.1, 0.15) is 74.4 Å². The molecule has 2 aromatic carbocycles. The molecule has 0 bridgehead atoms. The third-order valence-electron chi connectivity index (χ3n) is 8.14. The van der Waals surface area contributed by atoms with E-state index in [0.29, 0.717) is 24.8 Å². The highest BCUT2D eigenvalue weighted by Gasteiger charge is 2.37. The first-order valence-electron chi connectivity index (χ1n) is 14.6. The molecule has 9 heteroatoms. The van der Waals surface area contributed by atoms with Crippen molar-refractivity contribution in [2.24, 2.45) is 0 Å². The van der Waals surface area contributed by atoms with E-state index >= 15 is 0 Å². The number of para-hydroxylation sites is 2. The van der Waals surface area contributed by atoms with Crippen molar-refractivity contribution in [2.45, 2.75) is 64.2 Å². The van der Waals surface area contributed by atoms with Gasteiger partial charge < -0.3 is 19.8 Å². The molecule has 9 nitrogen and oxygen atoms in total. The maximum absolute atomic E-state index is 13.3. The predicted molar refractivity (Wildman–Crippen MR) is 154 cm³/mol. The molecule has 0 saturated carbocycles. The van der Waals surface area contributed by atoms with E-state index < -0.39 is 0 Å². The van der Waals surface area contributed by atoms with E-state index in [4.69, 9.17) is 24.2 Å². The number of ketones is 1. The summed E-state index contributed by atoms with van der Waals surface area (Å²) in [6.45, 7) is 3.36. The monoisotopic (exact) mass is 554 g/mol. The van der Waals surface area contributed by atoms with Crippen molar-refractivity contribution in [1.82, 2.24) is 14.5 Å². The molecule has 4 heterocycles. The number of Topliss-reactive ketones (excluding diaryl/α,β-unsaturated/α-hetero) is 1. The Bertz CT molecular complexity index is 1610. The van der Waals surface area contributed by atoms with E-state index in [0.717, 1.165) is 83.5 Å². The van der Waals surface area contributed by atoms with E-state index in [-0.39, 0.29) is 24.5 Å². The van der Waals surface area contributed by atoms with Crippen LogP contribution in [0.5, 0.6) is 11.8 Å². The summed E-state index contributed by atoms with van der Waals surface area (Å²) < 4.78 is 14.7. The van der Waals surface area contributed by atoms with Gasteiger partial charge in [-0.1, -0.05) is 24.3 Å². The maximum Gasteiger partial charge on any atom is 0.305 e. The molecule has 1 saturated heterocycles. The third kappa shape index (κ3) is 4.84. The second-order valence-corrected chi connectivity index (χ2v) is 10.7. The molecule has 1 fully saturated rings. The zero-order chi connectivity index (χ0) is 27.8. The lowest BCUT2D eigenvalue weighted by Gasteiger charge is -2.33. The smallest absolute Gasteiger partial charge is 0.305 e. The normalized spacial score (nSPS) is 20.6. The number of carbonyl (C=O) groups excluding carboxylic acids is 1. The van der Waals surface area contributed by atoms with Crippen molar-refractivity contribution in [2.75, 3.05) is 18.5 Å². The minimum Gasteiger partial charge on any atom is -0.425 e. The lowest BCUT2D eigenvalue weighted by molar-refractivity contribution is -0.301. The highest BCUT2D eigenvalue weighted by atomic mass is 17.2. The summed E-state index contributed by atoms with van der Waals surface area (Å²) >= 11 is 0. The lowest BCUT2D eigenvalue weighted by atomic mass is 9.76. The largest absolute Gasteiger partial charge is 0.425 e. The molecule has 212 valence electrons. The molecule has 7 rings (SSSR count). The van der Waals surface area contributed by atoms with Crippen molar-refractivity contribution in [3.63, 3.8) is 0 Å². The predicted octanol–water partition coefficient (Wildman–Crippen LogP) is 6.89. The van der Waals surface area contributed by atoms with Gasteiger partial charge in [0, 0.05) is 42.0 Å². The Kier molecular flexibility index (Phi) is 7.08. The number of nitrogens with zero attached hydrogens (tertiary/aromatic N) is 2. The number of carbonyl (C=O) groups is 1. The number of hydrogen-bond acceptors (Lipinski definition) is 7. The molecule has 0 amide bonds. The number of imidazole rings is 1. The van der Waals surface area contributed by atoms with Crippen LogP contribution in [0.25, 0.3) is 11.0 Å². The molecule has 41 heavy (non-hydrogen) atoms. The second-order valence-electron chi connectivity index (χ2n) is 10.7. The first kappa shape index (κ1) is 26.0. The summed E-state index contributed by atoms with van der Waals surface area (Å²) in [5.74, 6) is 0.622. The number of benzene rings is 2. The molecular formula is C32H34N4O5. The average molecular weight is 555 g/mol. The molecule has 4 aromatic rings. The number of anilines is 1. The van der Waals surface area contributed by atoms with Crippen LogP contribution in [-0.2, 0) is 25.9 Å². The van der Waals surface area contributed by atoms with Crippen LogP contribution in [0.2, 0.25) is 0 Å². The van der Waals surface area contributed by atoms with Gasteiger partial charge in [-0.2, -0.15) is 4.98 Å². The SMILES string of the molecule is CCOOCc1[nH]cc2c1NC1=C(C(=O)CCC1)C2c1cccc(Oc2nc3ccccc3n2C2CCCCO2)c1. The number of nitrogens with one attached hydrogen (secondary N) is 2. The van der Waals surface area contributed by atoms with Gasteiger partial charge in [-0.05, 0) is 68.9 Å². The van der Waals surface area contributed by atoms with Crippen molar-refractivity contribution in [3.05, 3.63) is 82.8 Å². The minimum absolute atomic E-state index is 0.119. The highest BCUT2D eigenvalue weighted by Crippen LogP contribution is 2.47. The van der Waals surface area contributed by atoms with E-state index in [9.17, 15) is 4.79 Å². The summed E-state index contributed by atoms with van der Waals surface area (Å²) in [6.07, 6.45) is 7.15. The van der Waals surface area contributed by atoms with Gasteiger partial charge in [-0.25, -0.2) is 9.78 Å². The second kappa shape index (κ2) is 11.2. The van der Waals surface area contributed by atoms with Crippen molar-refractivity contribution in [1.29, 1.82) is 0 Å². The Hall–Kier alpha value is -3.92. The Balaban J connectivity index is 1.26. The molecule has 2 unspecified atom stereocenters. The average Bonchev–Trinajstić information content (AvgIpc) is 3.57. The van der Waals surface area contributed by atoms with Gasteiger partial charge >= 0.3 is 6.01 Å². The van der Waals surface area contributed by atoms with E-state index in [1.165, 1.54) is 0 Å². The van der Waals surface area contributed by atoms with Crippen LogP contribution in [0, 0.1) is 0 Å². The fourth-order valence-corrected chi connectivity index (χ4v) is 6.30. The molecule has 2 aromatic heterocycles. The number of H-pyrrole nitrogens is 1. The van der Waals surface area contributed by atoms with E-state index in [1.807, 2.05) is 49.5 Å². The van der Waals surface area contributed by atoms with Crippen LogP contribution in [-0.4, -0.2) is 33.5 Å². The first-order chi connectivity index (χ1) is 20.2. The van der Waals surface area contributed by atoms with Crippen molar-refractivity contribution >= 4 is 22.5 Å². The quantitative estimate of drug-likeness (QED) is 0.139. The molecule has 2 aliphatic heterocycles. The minimum atomic E-state index is -0.227. The number of aromatic amines is 1. The van der Waals surface area contributed by atoms with Crippen LogP contribution in [0.3, 0.4) is 0 Å². The molecule has 0 radical (unpaired) electrons. The van der Waals surface area contributed by atoms with Crippen LogP contribution in [0.15, 0.2) is 66.0 Å². The fourth-order valence-electron chi connectivity index (χ4n) is 6.30. The Morgan fingerprint density at radius 1 is 1.07 bits per heavy atom. The zero-order valence-corrected chi connectivity index (χ0v) is 23.2. The van der Waals surface area contributed by atoms with Crippen molar-refractivity contribution in [3.8, 4) is 11.8 Å². The maximum atomic E-state index is 13.3. The summed E-state index contributed by atoms with van der Waals surface area (Å²) in [5.41, 5.74) is 7.51. The number of allylic oxidation sites excluding steroid dienone is 2. The molecule has 3 aliphatic rings. The third-order valence-corrected chi connectivity index (χ3v) is 8.14. The molecule has 1 aliphatic carbocycles. The van der Waals surface area contributed by atoms with Gasteiger partial charge in [-0.15, -0.1) is 0 Å². The molecule has 2 atom stereocenters. The summed E-state index contributed by atoms with van der Waals surface area (Å²) in [6, 6.07) is 16.6. The Morgan fingerprint density at radius 2 is 2.00 bits per heavy atom. The van der Waals surface area contributed by atoms with Crippen molar-refractivity contribution < 1.29 is 24.0 Å². The Morgan fingerprint density at radius 3 is 2.88 bits per heavy atom. The topological polar surface area (TPSA) is 99.6 Å². The van der Waals surface area contributed by atoms with Gasteiger partial charge in [0.05, 0.1) is 29.0 Å². The fraction of sp³-hybridized carbons (Fsp3) is 0.375. The first-order valence-corrected chi connectivity index (χ1v) is 14.6. The van der Waals surface area contributed by atoms with E-state index in [2.05, 4.69) is 27.0 Å². The van der Waals surface area contributed by atoms with Gasteiger partial charge in [-0.3, -0.25) is 9.36 Å². The van der Waals surface area contributed by atoms with E-state index in [1.54, 1.807) is 0 Å². The number of ether oxygens (including phenoxy) is 2. The number of aromatic nitrogens is 3. The van der Waals surface area contributed by atoms with Crippen LogP contribution >= 0.6 is 0 Å². The van der Waals surface area contributed by atoms with Gasteiger partial charge in [0.2, 0.25) is 0 Å². The van der Waals surface area contributed by atoms with Gasteiger partial charge in [0.15, 0.2) is 5.78 Å². The lowest BCUT2D eigenvalue weighted by Crippen LogP contribution is -2.26. The van der Waals surface area contributed by atoms with Gasteiger partial charge in [0.25, 0.3) is 0 Å². The molecular weight excluding hydrogens is 520 g/mol. The number of fused-ring (bicyclic) bond motifs is 2. The Labute approximate surface area is 238 Å². The molecule has 0 spiro atoms. The van der Waals surface area contributed by atoms with Gasteiger partial charge in [0.1, 0.15) is 18.6 Å². The molecule has 2 N–H and O–H groups in total. The summed E-state index contributed by atoms with van der Waals surface area (Å²) in [7, 11) is 0. The zero-order valence-electron chi connectivity index (χ0n) is 23.2. The highest BCUT2D eigenvalue weighted by molar-refractivity contribution is 6.01. The summed E-state index contributed by atoms with van der Waals surface area (Å²) in [4.78, 5) is 32.0. The number of hydrogen-bond donors (Lipinski definition) is 2. The van der Waals surface area contributed by atoms with Crippen LogP contribution < -0.4 is 10.1 Å². The number of rotatable bonds is 8. The standard InChI is InChI=1S/C32H34N4O5/c1-2-39-40-19-25-31-22(18-33-25)29(30-24(34-31)12-8-14-27(30)37)20-9-7-10-21(17-20)41-32-35-23-11-3-4-13-26(23)36(32)28-15-5-6-16-38-28/h3-4,7,9-11,13,17-18,28-29,33-34H,2,5-6,8,12,14-16,19H2,1H3.